The highest BCUT2D eigenvalue weighted by Crippen LogP contribution is 2.20. The van der Waals surface area contributed by atoms with Gasteiger partial charge in [-0.2, -0.15) is 0 Å². The third-order valence-electron chi connectivity index (χ3n) is 2.10. The predicted octanol–water partition coefficient (Wildman–Crippen LogP) is 0.852. The number of carbonyl (C=O) groups is 2. The quantitative estimate of drug-likeness (QED) is 0.524. The lowest BCUT2D eigenvalue weighted by molar-refractivity contribution is -0.154. The van der Waals surface area contributed by atoms with E-state index in [2.05, 4.69) is 10.6 Å². The molecule has 0 unspecified atom stereocenters. The number of nitrogens with one attached hydrogen (secondary N) is 2. The molecule has 0 atom stereocenters. The Hall–Kier alpha value is -1.26. The molecule has 5 heteroatoms. The monoisotopic (exact) mass is 202 g/mol. The average molecular weight is 202 g/mol. The fourth-order valence-corrected chi connectivity index (χ4v) is 0.595. The van der Waals surface area contributed by atoms with Gasteiger partial charge in [-0.1, -0.05) is 6.92 Å². The Bertz CT molecular complexity index is 214. The molecular formula is C9H18N2O3. The number of ether oxygens (including phenoxy) is 1. The maximum atomic E-state index is 11.4. The number of rotatable bonds is 4. The van der Waals surface area contributed by atoms with Gasteiger partial charge >= 0.3 is 12.0 Å². The van der Waals surface area contributed by atoms with Crippen molar-refractivity contribution in [1.82, 2.24) is 10.6 Å². The maximum absolute atomic E-state index is 11.4. The van der Waals surface area contributed by atoms with E-state index in [1.807, 2.05) is 6.92 Å². The topological polar surface area (TPSA) is 67.4 Å². The largest absolute Gasteiger partial charge is 0.444 e. The zero-order valence-electron chi connectivity index (χ0n) is 9.14. The molecule has 14 heavy (non-hydrogen) atoms. The summed E-state index contributed by atoms with van der Waals surface area (Å²) in [6, 6.07) is -0.368. The van der Waals surface area contributed by atoms with Crippen LogP contribution in [0.2, 0.25) is 0 Å². The SMILES string of the molecule is CCC(C)(C)C(=O)OCNC(=O)NC. The number of hydrogen-bond acceptors (Lipinski definition) is 3. The van der Waals surface area contributed by atoms with Crippen LogP contribution in [0.1, 0.15) is 27.2 Å². The highest BCUT2D eigenvalue weighted by molar-refractivity contribution is 5.76. The van der Waals surface area contributed by atoms with Crippen LogP contribution >= 0.6 is 0 Å². The molecule has 0 saturated heterocycles. The van der Waals surface area contributed by atoms with E-state index in [1.165, 1.54) is 7.05 Å². The molecule has 0 spiro atoms. The standard InChI is InChI=1S/C9H18N2O3/c1-5-9(2,3)7(12)14-6-11-8(13)10-4/h5-6H2,1-4H3,(H2,10,11,13). The molecule has 0 heterocycles. The van der Waals surface area contributed by atoms with E-state index < -0.39 is 5.41 Å². The predicted molar refractivity (Wildman–Crippen MR) is 52.6 cm³/mol. The van der Waals surface area contributed by atoms with Crippen LogP contribution in [0.5, 0.6) is 0 Å². The molecule has 0 bridgehead atoms. The zero-order chi connectivity index (χ0) is 11.2. The molecule has 0 aromatic carbocycles. The minimum atomic E-state index is -0.496. The van der Waals surface area contributed by atoms with Crippen LogP contribution in [0, 0.1) is 5.41 Å². The van der Waals surface area contributed by atoms with Crippen molar-refractivity contribution in [1.29, 1.82) is 0 Å². The Morgan fingerprint density at radius 1 is 1.36 bits per heavy atom. The summed E-state index contributed by atoms with van der Waals surface area (Å²) in [6.45, 7) is 5.42. The molecule has 0 radical (unpaired) electrons. The Morgan fingerprint density at radius 3 is 2.36 bits per heavy atom. The Kier molecular flexibility index (Phi) is 4.97. The normalized spacial score (nSPS) is 10.6. The first-order chi connectivity index (χ1) is 6.44. The minimum absolute atomic E-state index is 0.0953. The third-order valence-corrected chi connectivity index (χ3v) is 2.10. The second kappa shape index (κ2) is 5.47. The van der Waals surface area contributed by atoms with E-state index in [0.29, 0.717) is 6.42 Å². The number of amides is 2. The summed E-state index contributed by atoms with van der Waals surface area (Å²) in [5.41, 5.74) is -0.496. The van der Waals surface area contributed by atoms with E-state index in [1.54, 1.807) is 13.8 Å². The molecule has 0 aromatic heterocycles. The van der Waals surface area contributed by atoms with Crippen molar-refractivity contribution < 1.29 is 14.3 Å². The Labute approximate surface area is 84.2 Å². The molecule has 0 aliphatic rings. The van der Waals surface area contributed by atoms with Crippen molar-refractivity contribution in [2.24, 2.45) is 5.41 Å². The van der Waals surface area contributed by atoms with Gasteiger partial charge in [0.25, 0.3) is 0 Å². The summed E-state index contributed by atoms with van der Waals surface area (Å²) in [5, 5.41) is 4.72. The van der Waals surface area contributed by atoms with Crippen molar-refractivity contribution in [2.45, 2.75) is 27.2 Å². The van der Waals surface area contributed by atoms with Crippen LogP contribution in [0.25, 0.3) is 0 Å². The van der Waals surface area contributed by atoms with Crippen LogP contribution in [0.3, 0.4) is 0 Å². The van der Waals surface area contributed by atoms with Crippen molar-refractivity contribution in [3.63, 3.8) is 0 Å². The molecule has 82 valence electrons. The fourth-order valence-electron chi connectivity index (χ4n) is 0.595. The summed E-state index contributed by atoms with van der Waals surface area (Å²) in [7, 11) is 1.49. The van der Waals surface area contributed by atoms with Gasteiger partial charge in [0.15, 0.2) is 6.73 Å². The minimum Gasteiger partial charge on any atom is -0.444 e. The molecule has 0 saturated carbocycles. The maximum Gasteiger partial charge on any atom is 0.317 e. The van der Waals surface area contributed by atoms with Gasteiger partial charge < -0.3 is 15.4 Å². The third kappa shape index (κ3) is 4.11. The molecule has 0 aliphatic heterocycles. The van der Waals surface area contributed by atoms with E-state index in [9.17, 15) is 9.59 Å². The number of hydrogen-bond donors (Lipinski definition) is 2. The molecule has 0 rings (SSSR count). The van der Waals surface area contributed by atoms with Crippen LogP contribution in [0.4, 0.5) is 4.79 Å². The Balaban J connectivity index is 3.80. The van der Waals surface area contributed by atoms with Crippen LogP contribution in [-0.2, 0) is 9.53 Å². The summed E-state index contributed by atoms with van der Waals surface area (Å²) >= 11 is 0. The van der Waals surface area contributed by atoms with Crippen molar-refractivity contribution >= 4 is 12.0 Å². The number of urea groups is 1. The first kappa shape index (κ1) is 12.7. The molecule has 0 aromatic rings. The van der Waals surface area contributed by atoms with E-state index >= 15 is 0 Å². The molecule has 2 N–H and O–H groups in total. The van der Waals surface area contributed by atoms with Gasteiger partial charge in [0.1, 0.15) is 0 Å². The van der Waals surface area contributed by atoms with E-state index in [-0.39, 0.29) is 18.7 Å². The Morgan fingerprint density at radius 2 is 1.93 bits per heavy atom. The average Bonchev–Trinajstić information content (AvgIpc) is 2.17. The lowest BCUT2D eigenvalue weighted by Crippen LogP contribution is -2.37. The van der Waals surface area contributed by atoms with E-state index in [4.69, 9.17) is 4.74 Å². The molecular weight excluding hydrogens is 184 g/mol. The van der Waals surface area contributed by atoms with Gasteiger partial charge in [-0.05, 0) is 20.3 Å². The first-order valence-electron chi connectivity index (χ1n) is 4.57. The molecule has 0 fully saturated rings. The number of esters is 1. The van der Waals surface area contributed by atoms with Crippen molar-refractivity contribution in [3.8, 4) is 0 Å². The van der Waals surface area contributed by atoms with Gasteiger partial charge in [-0.15, -0.1) is 0 Å². The van der Waals surface area contributed by atoms with Gasteiger partial charge in [0.05, 0.1) is 5.41 Å². The van der Waals surface area contributed by atoms with Crippen molar-refractivity contribution in [3.05, 3.63) is 0 Å². The molecule has 5 nitrogen and oxygen atoms in total. The van der Waals surface area contributed by atoms with Gasteiger partial charge in [-0.3, -0.25) is 4.79 Å². The van der Waals surface area contributed by atoms with Gasteiger partial charge in [0, 0.05) is 7.05 Å². The van der Waals surface area contributed by atoms with Crippen LogP contribution in [-0.4, -0.2) is 25.8 Å². The van der Waals surface area contributed by atoms with Gasteiger partial charge in [-0.25, -0.2) is 4.79 Å². The zero-order valence-corrected chi connectivity index (χ0v) is 9.14. The highest BCUT2D eigenvalue weighted by atomic mass is 16.5. The molecule has 0 aliphatic carbocycles. The van der Waals surface area contributed by atoms with Gasteiger partial charge in [0.2, 0.25) is 0 Å². The second-order valence-electron chi connectivity index (χ2n) is 3.57. The number of carbonyl (C=O) groups excluding carboxylic acids is 2. The summed E-state index contributed by atoms with van der Waals surface area (Å²) < 4.78 is 4.86. The summed E-state index contributed by atoms with van der Waals surface area (Å²) in [4.78, 5) is 22.1. The first-order valence-corrected chi connectivity index (χ1v) is 4.57. The summed E-state index contributed by atoms with van der Waals surface area (Å²) in [5.74, 6) is -0.309. The molecule has 2 amide bonds. The second-order valence-corrected chi connectivity index (χ2v) is 3.57. The summed E-state index contributed by atoms with van der Waals surface area (Å²) in [6.07, 6.45) is 0.700. The van der Waals surface area contributed by atoms with Crippen molar-refractivity contribution in [2.75, 3.05) is 13.8 Å². The fraction of sp³-hybridized carbons (Fsp3) is 0.778. The van der Waals surface area contributed by atoms with Crippen LogP contribution in [0.15, 0.2) is 0 Å². The van der Waals surface area contributed by atoms with Crippen LogP contribution < -0.4 is 10.6 Å². The van der Waals surface area contributed by atoms with E-state index in [0.717, 1.165) is 0 Å². The highest BCUT2D eigenvalue weighted by Gasteiger charge is 2.26. The lowest BCUT2D eigenvalue weighted by atomic mass is 9.91. The smallest absolute Gasteiger partial charge is 0.317 e. The lowest BCUT2D eigenvalue weighted by Gasteiger charge is -2.20.